The van der Waals surface area contributed by atoms with Gasteiger partial charge in [-0.1, -0.05) is 80.0 Å². The first-order valence-corrected chi connectivity index (χ1v) is 14.4. The summed E-state index contributed by atoms with van der Waals surface area (Å²) >= 11 is 6.30. The van der Waals surface area contributed by atoms with E-state index in [1.165, 1.54) is 16.1 Å². The number of nitrogens with zero attached hydrogens (tertiary/aromatic N) is 2. The van der Waals surface area contributed by atoms with Crippen LogP contribution in [0.3, 0.4) is 0 Å². The molecule has 3 aromatic carbocycles. The molecule has 0 radical (unpaired) electrons. The molecular weight excluding hydrogens is 522 g/mol. The van der Waals surface area contributed by atoms with Crippen LogP contribution in [0.2, 0.25) is 5.02 Å². The van der Waals surface area contributed by atoms with Crippen molar-refractivity contribution >= 4 is 33.4 Å². The summed E-state index contributed by atoms with van der Waals surface area (Å²) in [5, 5.41) is 3.52. The molecule has 9 heteroatoms. The molecule has 2 amide bonds. The van der Waals surface area contributed by atoms with Gasteiger partial charge < -0.3 is 10.2 Å². The van der Waals surface area contributed by atoms with Gasteiger partial charge in [-0.15, -0.1) is 0 Å². The summed E-state index contributed by atoms with van der Waals surface area (Å²) < 4.78 is 28.3. The second-order valence-electron chi connectivity index (χ2n) is 9.71. The number of carbonyl (C=O) groups is 2. The molecule has 4 rings (SSSR count). The number of benzene rings is 3. The Morgan fingerprint density at radius 2 is 1.63 bits per heavy atom. The van der Waals surface area contributed by atoms with Crippen LogP contribution in [-0.2, 0) is 26.2 Å². The molecule has 38 heavy (non-hydrogen) atoms. The highest BCUT2D eigenvalue weighted by Gasteiger charge is 2.40. The van der Waals surface area contributed by atoms with Crippen LogP contribution >= 0.6 is 11.6 Å². The lowest BCUT2D eigenvalue weighted by Crippen LogP contribution is -2.61. The van der Waals surface area contributed by atoms with E-state index >= 15 is 0 Å². The lowest BCUT2D eigenvalue weighted by atomic mass is 10.0. The maximum atomic E-state index is 13.6. The highest BCUT2D eigenvalue weighted by Crippen LogP contribution is 2.28. The number of sulfonamides is 1. The van der Waals surface area contributed by atoms with E-state index in [0.717, 1.165) is 22.3 Å². The molecule has 1 N–H and O–H groups in total. The number of halogens is 1. The van der Waals surface area contributed by atoms with Crippen LogP contribution in [0.15, 0.2) is 77.7 Å². The zero-order chi connectivity index (χ0) is 27.4. The molecule has 0 bridgehead atoms. The summed E-state index contributed by atoms with van der Waals surface area (Å²) in [4.78, 5) is 27.0. The van der Waals surface area contributed by atoms with E-state index in [0.29, 0.717) is 5.02 Å². The van der Waals surface area contributed by atoms with Crippen LogP contribution in [0, 0.1) is 0 Å². The van der Waals surface area contributed by atoms with Crippen molar-refractivity contribution < 1.29 is 18.0 Å². The number of rotatable bonds is 7. The van der Waals surface area contributed by atoms with Gasteiger partial charge in [0.05, 0.1) is 4.90 Å². The van der Waals surface area contributed by atoms with Gasteiger partial charge in [0, 0.05) is 43.7 Å². The van der Waals surface area contributed by atoms with Crippen LogP contribution in [-0.4, -0.2) is 55.1 Å². The van der Waals surface area contributed by atoms with Gasteiger partial charge in [0.2, 0.25) is 21.8 Å². The van der Waals surface area contributed by atoms with E-state index in [1.807, 2.05) is 62.4 Å². The van der Waals surface area contributed by atoms with Crippen molar-refractivity contribution in [2.24, 2.45) is 0 Å². The maximum absolute atomic E-state index is 13.6. The average molecular weight is 554 g/mol. The van der Waals surface area contributed by atoms with Crippen molar-refractivity contribution in [3.05, 3.63) is 88.9 Å². The fraction of sp³-hybridized carbons (Fsp3) is 0.310. The first-order valence-electron chi connectivity index (χ1n) is 12.6. The normalized spacial score (nSPS) is 16.4. The Bertz CT molecular complexity index is 1410. The Morgan fingerprint density at radius 3 is 2.24 bits per heavy atom. The number of nitrogens with one attached hydrogen (secondary N) is 1. The van der Waals surface area contributed by atoms with Gasteiger partial charge in [0.1, 0.15) is 6.04 Å². The first-order chi connectivity index (χ1) is 18.1. The lowest BCUT2D eigenvalue weighted by molar-refractivity contribution is -0.134. The van der Waals surface area contributed by atoms with Gasteiger partial charge in [0.25, 0.3) is 0 Å². The third kappa shape index (κ3) is 6.09. The molecule has 0 aromatic heterocycles. The molecule has 1 saturated heterocycles. The molecule has 0 aliphatic carbocycles. The number of amides is 2. The highest BCUT2D eigenvalue weighted by molar-refractivity contribution is 7.89. The van der Waals surface area contributed by atoms with Crippen molar-refractivity contribution in [3.63, 3.8) is 0 Å². The summed E-state index contributed by atoms with van der Waals surface area (Å²) in [5.41, 5.74) is 3.75. The second-order valence-corrected chi connectivity index (χ2v) is 12.0. The lowest BCUT2D eigenvalue weighted by Gasteiger charge is -2.39. The van der Waals surface area contributed by atoms with Crippen molar-refractivity contribution in [3.8, 4) is 11.1 Å². The Hall–Kier alpha value is -3.20. The average Bonchev–Trinajstić information content (AvgIpc) is 2.92. The van der Waals surface area contributed by atoms with E-state index in [4.69, 9.17) is 11.6 Å². The minimum atomic E-state index is -3.95. The quantitative estimate of drug-likeness (QED) is 0.461. The highest BCUT2D eigenvalue weighted by atomic mass is 35.5. The van der Waals surface area contributed by atoms with Crippen LogP contribution < -0.4 is 5.32 Å². The van der Waals surface area contributed by atoms with E-state index in [2.05, 4.69) is 5.32 Å². The molecule has 1 atom stereocenters. The molecule has 0 spiro atoms. The van der Waals surface area contributed by atoms with Crippen molar-refractivity contribution in [1.29, 1.82) is 0 Å². The zero-order valence-electron chi connectivity index (χ0n) is 21.7. The minimum absolute atomic E-state index is 0.00405. The Kier molecular flexibility index (Phi) is 8.55. The van der Waals surface area contributed by atoms with Crippen LogP contribution in [0.1, 0.15) is 37.8 Å². The predicted molar refractivity (Wildman–Crippen MR) is 149 cm³/mol. The minimum Gasteiger partial charge on any atom is -0.351 e. The van der Waals surface area contributed by atoms with E-state index in [1.54, 1.807) is 24.3 Å². The molecule has 1 unspecified atom stereocenters. The fourth-order valence-electron chi connectivity index (χ4n) is 4.52. The van der Waals surface area contributed by atoms with Crippen LogP contribution in [0.5, 0.6) is 0 Å². The standard InChI is InChI=1S/C29H32ClN3O4S/c1-20(2)23-12-14-25(15-13-23)38(36,37)33-17-16-32(21(3)34)19-28(33)29(35)31-18-22-8-10-24(11-9-22)26-6-4-5-7-27(26)30/h4-15,20,28H,16-19H2,1-3H3,(H,31,35). The van der Waals surface area contributed by atoms with Gasteiger partial charge in [-0.05, 0) is 40.8 Å². The molecule has 7 nitrogen and oxygen atoms in total. The van der Waals surface area contributed by atoms with E-state index < -0.39 is 22.0 Å². The van der Waals surface area contributed by atoms with Crippen molar-refractivity contribution in [1.82, 2.24) is 14.5 Å². The summed E-state index contributed by atoms with van der Waals surface area (Å²) in [6, 6.07) is 20.9. The molecule has 3 aromatic rings. The molecule has 1 aliphatic heterocycles. The van der Waals surface area contributed by atoms with Crippen LogP contribution in [0.25, 0.3) is 11.1 Å². The molecule has 1 fully saturated rings. The predicted octanol–water partition coefficient (Wildman–Crippen LogP) is 4.67. The van der Waals surface area contributed by atoms with Gasteiger partial charge >= 0.3 is 0 Å². The van der Waals surface area contributed by atoms with Gasteiger partial charge in [-0.3, -0.25) is 9.59 Å². The monoisotopic (exact) mass is 553 g/mol. The smallest absolute Gasteiger partial charge is 0.243 e. The Morgan fingerprint density at radius 1 is 0.974 bits per heavy atom. The molecule has 0 saturated carbocycles. The number of hydrogen-bond acceptors (Lipinski definition) is 4. The number of hydrogen-bond donors (Lipinski definition) is 1. The Balaban J connectivity index is 1.51. The molecule has 1 aliphatic rings. The molecule has 1 heterocycles. The van der Waals surface area contributed by atoms with Crippen LogP contribution in [0.4, 0.5) is 0 Å². The third-order valence-corrected chi connectivity index (χ3v) is 9.09. The summed E-state index contributed by atoms with van der Waals surface area (Å²) in [7, 11) is -3.95. The summed E-state index contributed by atoms with van der Waals surface area (Å²) in [6.45, 7) is 5.98. The largest absolute Gasteiger partial charge is 0.351 e. The number of carbonyl (C=O) groups excluding carboxylic acids is 2. The topological polar surface area (TPSA) is 86.8 Å². The SMILES string of the molecule is CC(=O)N1CCN(S(=O)(=O)c2ccc(C(C)C)cc2)C(C(=O)NCc2ccc(-c3ccccc3Cl)cc2)C1. The van der Waals surface area contributed by atoms with Gasteiger partial charge in [-0.2, -0.15) is 4.31 Å². The molecule has 200 valence electrons. The van der Waals surface area contributed by atoms with E-state index in [-0.39, 0.29) is 42.9 Å². The first kappa shape index (κ1) is 27.8. The Labute approximate surface area is 229 Å². The number of piperazine rings is 1. The van der Waals surface area contributed by atoms with Gasteiger partial charge in [0.15, 0.2) is 0 Å². The second kappa shape index (κ2) is 11.7. The van der Waals surface area contributed by atoms with Gasteiger partial charge in [-0.25, -0.2) is 8.42 Å². The maximum Gasteiger partial charge on any atom is 0.243 e. The zero-order valence-corrected chi connectivity index (χ0v) is 23.3. The van der Waals surface area contributed by atoms with Crippen molar-refractivity contribution in [2.45, 2.75) is 44.2 Å². The van der Waals surface area contributed by atoms with Crippen molar-refractivity contribution in [2.75, 3.05) is 19.6 Å². The molecular formula is C29H32ClN3O4S. The van der Waals surface area contributed by atoms with E-state index in [9.17, 15) is 18.0 Å². The summed E-state index contributed by atoms with van der Waals surface area (Å²) in [6.07, 6.45) is 0. The summed E-state index contributed by atoms with van der Waals surface area (Å²) in [5.74, 6) is -0.382. The fourth-order valence-corrected chi connectivity index (χ4v) is 6.33. The third-order valence-electron chi connectivity index (χ3n) is 6.84.